The molecule has 2 N–H and O–H groups in total. The number of hydrogen-bond acceptors (Lipinski definition) is 9. The number of ether oxygens (including phenoxy) is 1. The molecule has 44 heavy (non-hydrogen) atoms. The average molecular weight is 624 g/mol. The lowest BCUT2D eigenvalue weighted by Crippen LogP contribution is -2.48. The van der Waals surface area contributed by atoms with E-state index in [0.29, 0.717) is 54.7 Å². The number of benzene rings is 2. The number of anilines is 3. The van der Waals surface area contributed by atoms with E-state index in [1.165, 1.54) is 44.8 Å². The molecule has 1 aliphatic heterocycles. The van der Waals surface area contributed by atoms with Gasteiger partial charge in [0.1, 0.15) is 29.5 Å². The predicted molar refractivity (Wildman–Crippen MR) is 160 cm³/mol. The van der Waals surface area contributed by atoms with Gasteiger partial charge in [-0.2, -0.15) is 8.42 Å². The third kappa shape index (κ3) is 6.89. The highest BCUT2D eigenvalue weighted by atomic mass is 32.2. The summed E-state index contributed by atoms with van der Waals surface area (Å²) in [5.74, 6) is -1.73. The molecule has 1 fully saturated rings. The number of carbonyl (C=O) groups excluding carboxylic acids is 2. The molecule has 0 aliphatic carbocycles. The Morgan fingerprint density at radius 2 is 1.66 bits per heavy atom. The van der Waals surface area contributed by atoms with E-state index in [9.17, 15) is 26.8 Å². The number of rotatable bonds is 9. The van der Waals surface area contributed by atoms with Crippen molar-refractivity contribution in [1.29, 1.82) is 0 Å². The minimum atomic E-state index is -4.39. The molecule has 0 radical (unpaired) electrons. The number of amides is 1. The van der Waals surface area contributed by atoms with Crippen molar-refractivity contribution < 1.29 is 31.5 Å². The first-order valence-corrected chi connectivity index (χ1v) is 14.8. The molecule has 1 saturated heterocycles. The molecule has 15 heteroatoms. The fourth-order valence-electron chi connectivity index (χ4n) is 4.64. The van der Waals surface area contributed by atoms with Crippen LogP contribution in [0.4, 0.5) is 26.0 Å². The number of allylic oxidation sites excluding steroid dienone is 1. The summed E-state index contributed by atoms with van der Waals surface area (Å²) in [7, 11) is -3.07. The van der Waals surface area contributed by atoms with E-state index >= 15 is 0 Å². The van der Waals surface area contributed by atoms with E-state index in [0.717, 1.165) is 17.5 Å². The van der Waals surface area contributed by atoms with Crippen LogP contribution in [0.2, 0.25) is 0 Å². The molecule has 2 aromatic heterocycles. The van der Waals surface area contributed by atoms with E-state index in [4.69, 9.17) is 4.74 Å². The highest BCUT2D eigenvalue weighted by Crippen LogP contribution is 2.33. The van der Waals surface area contributed by atoms with E-state index in [1.54, 1.807) is 17.0 Å². The zero-order chi connectivity index (χ0) is 31.4. The SMILES string of the molecule is COc1ncc(-c2ccc3ncnc(N4CCN(C(=O)/C=C/C(C)=O)CC4)c3c2)cc1NS(=O)(=O)Nc1ccc(F)cc1F. The van der Waals surface area contributed by atoms with Crippen molar-refractivity contribution in [1.82, 2.24) is 19.9 Å². The molecule has 0 spiro atoms. The molecule has 5 rings (SSSR count). The molecule has 0 unspecified atom stereocenters. The monoisotopic (exact) mass is 623 g/mol. The molecular weight excluding hydrogens is 596 g/mol. The minimum absolute atomic E-state index is 0.0238. The highest BCUT2D eigenvalue weighted by molar-refractivity contribution is 7.94. The summed E-state index contributed by atoms with van der Waals surface area (Å²) in [4.78, 5) is 40.4. The largest absolute Gasteiger partial charge is 0.479 e. The van der Waals surface area contributed by atoms with Crippen LogP contribution in [-0.2, 0) is 19.8 Å². The van der Waals surface area contributed by atoms with Crippen LogP contribution in [0.3, 0.4) is 0 Å². The average Bonchev–Trinajstić information content (AvgIpc) is 3.00. The fraction of sp³-hybridized carbons (Fsp3) is 0.207. The number of nitrogens with one attached hydrogen (secondary N) is 2. The van der Waals surface area contributed by atoms with Gasteiger partial charge in [-0.15, -0.1) is 0 Å². The first-order chi connectivity index (χ1) is 21.0. The maximum atomic E-state index is 14.1. The fourth-order valence-corrected chi connectivity index (χ4v) is 5.58. The number of methoxy groups -OCH3 is 1. The van der Waals surface area contributed by atoms with Crippen LogP contribution >= 0.6 is 0 Å². The van der Waals surface area contributed by atoms with Gasteiger partial charge in [0.2, 0.25) is 11.8 Å². The minimum Gasteiger partial charge on any atom is -0.479 e. The molecule has 0 atom stereocenters. The zero-order valence-electron chi connectivity index (χ0n) is 23.6. The number of halogens is 2. The molecule has 3 heterocycles. The normalized spacial score (nSPS) is 13.7. The predicted octanol–water partition coefficient (Wildman–Crippen LogP) is 3.54. The topological polar surface area (TPSA) is 147 Å². The van der Waals surface area contributed by atoms with Gasteiger partial charge in [0.15, 0.2) is 5.78 Å². The van der Waals surface area contributed by atoms with Gasteiger partial charge in [-0.05, 0) is 48.9 Å². The summed E-state index contributed by atoms with van der Waals surface area (Å²) in [6, 6.07) is 9.41. The number of hydrogen-bond donors (Lipinski definition) is 2. The van der Waals surface area contributed by atoms with Gasteiger partial charge in [-0.1, -0.05) is 6.07 Å². The Balaban J connectivity index is 1.40. The van der Waals surface area contributed by atoms with E-state index in [-0.39, 0.29) is 23.3 Å². The van der Waals surface area contributed by atoms with Crippen molar-refractivity contribution >= 4 is 50.0 Å². The summed E-state index contributed by atoms with van der Waals surface area (Å²) < 4.78 is 62.5. The summed E-state index contributed by atoms with van der Waals surface area (Å²) in [5.41, 5.74) is 1.41. The lowest BCUT2D eigenvalue weighted by atomic mass is 10.0. The zero-order valence-corrected chi connectivity index (χ0v) is 24.4. The van der Waals surface area contributed by atoms with Gasteiger partial charge < -0.3 is 14.5 Å². The molecule has 1 amide bonds. The Kier molecular flexibility index (Phi) is 8.66. The van der Waals surface area contributed by atoms with Gasteiger partial charge >= 0.3 is 10.2 Å². The molecule has 228 valence electrons. The molecule has 12 nitrogen and oxygen atoms in total. The second kappa shape index (κ2) is 12.6. The third-order valence-electron chi connectivity index (χ3n) is 6.76. The number of ketones is 1. The molecular formula is C29H27F2N7O5S. The molecule has 1 aliphatic rings. The van der Waals surface area contributed by atoms with Crippen molar-refractivity contribution in [3.63, 3.8) is 0 Å². The van der Waals surface area contributed by atoms with E-state index < -0.39 is 27.5 Å². The van der Waals surface area contributed by atoms with Gasteiger partial charge in [0.25, 0.3) is 0 Å². The summed E-state index contributed by atoms with van der Waals surface area (Å²) in [6.07, 6.45) is 5.50. The van der Waals surface area contributed by atoms with Crippen molar-refractivity contribution in [3.05, 3.63) is 78.8 Å². The Bertz CT molecular complexity index is 1880. The van der Waals surface area contributed by atoms with Crippen LogP contribution in [0.5, 0.6) is 5.88 Å². The number of piperazine rings is 1. The van der Waals surface area contributed by atoms with Crippen LogP contribution in [0.15, 0.2) is 67.1 Å². The van der Waals surface area contributed by atoms with Crippen LogP contribution in [0.1, 0.15) is 6.92 Å². The first-order valence-electron chi connectivity index (χ1n) is 13.3. The Labute approximate surface area is 251 Å². The van der Waals surface area contributed by atoms with Gasteiger partial charge in [-0.3, -0.25) is 19.0 Å². The Hall–Kier alpha value is -5.18. The van der Waals surface area contributed by atoms with Crippen LogP contribution in [0, 0.1) is 11.6 Å². The summed E-state index contributed by atoms with van der Waals surface area (Å²) in [6.45, 7) is 3.27. The van der Waals surface area contributed by atoms with Crippen LogP contribution in [-0.4, -0.2) is 73.2 Å². The summed E-state index contributed by atoms with van der Waals surface area (Å²) in [5, 5.41) is 0.729. The molecule has 4 aromatic rings. The smallest absolute Gasteiger partial charge is 0.321 e. The number of fused-ring (bicyclic) bond motifs is 1. The third-order valence-corrected chi connectivity index (χ3v) is 7.74. The lowest BCUT2D eigenvalue weighted by Gasteiger charge is -2.35. The lowest BCUT2D eigenvalue weighted by molar-refractivity contribution is -0.126. The van der Waals surface area contributed by atoms with Crippen molar-refractivity contribution in [2.45, 2.75) is 6.92 Å². The number of aromatic nitrogens is 3. The number of nitrogens with zero attached hydrogens (tertiary/aromatic N) is 5. The number of carbonyl (C=O) groups is 2. The molecule has 0 saturated carbocycles. The van der Waals surface area contributed by atoms with Crippen LogP contribution in [0.25, 0.3) is 22.0 Å². The maximum absolute atomic E-state index is 14.1. The number of pyridine rings is 1. The maximum Gasteiger partial charge on any atom is 0.321 e. The van der Waals surface area contributed by atoms with Gasteiger partial charge in [0, 0.05) is 55.5 Å². The van der Waals surface area contributed by atoms with Gasteiger partial charge in [0.05, 0.1) is 18.3 Å². The summed E-state index contributed by atoms with van der Waals surface area (Å²) >= 11 is 0. The second-order valence-electron chi connectivity index (χ2n) is 9.80. The van der Waals surface area contributed by atoms with Crippen molar-refractivity contribution in [2.75, 3.05) is 47.6 Å². The second-order valence-corrected chi connectivity index (χ2v) is 11.2. The quantitative estimate of drug-likeness (QED) is 0.267. The molecule has 0 bridgehead atoms. The van der Waals surface area contributed by atoms with Gasteiger partial charge in [-0.25, -0.2) is 23.7 Å². The first kappa shape index (κ1) is 30.3. The van der Waals surface area contributed by atoms with E-state index in [2.05, 4.69) is 19.7 Å². The Morgan fingerprint density at radius 3 is 2.36 bits per heavy atom. The highest BCUT2D eigenvalue weighted by Gasteiger charge is 2.23. The van der Waals surface area contributed by atoms with E-state index in [1.807, 2.05) is 15.7 Å². The van der Waals surface area contributed by atoms with Crippen LogP contribution < -0.4 is 19.1 Å². The van der Waals surface area contributed by atoms with Crippen molar-refractivity contribution in [2.24, 2.45) is 0 Å². The van der Waals surface area contributed by atoms with Crippen molar-refractivity contribution in [3.8, 4) is 17.0 Å². The molecule has 2 aromatic carbocycles. The Morgan fingerprint density at radius 1 is 0.909 bits per heavy atom. The standard InChI is InChI=1S/C29H27F2N7O5S/c1-18(39)3-8-27(40)37-9-11-38(12-10-37)28-22-13-19(4-6-24(22)33-17-34-28)20-14-26(29(43-2)32-16-20)36-44(41,42)35-25-7-5-21(30)15-23(25)31/h3-8,13-17,35-36H,9-12H2,1-2H3/b8-3+.